The highest BCUT2D eigenvalue weighted by molar-refractivity contribution is 6.10. The Morgan fingerprint density at radius 1 is 0.380 bits per heavy atom. The van der Waals surface area contributed by atoms with Gasteiger partial charge in [-0.05, 0) is 69.1 Å². The van der Waals surface area contributed by atoms with Gasteiger partial charge in [-0.25, -0.2) is 4.98 Å². The smallest absolute Gasteiger partial charge is 0.238 e. The molecule has 0 aliphatic heterocycles. The number of fused-ring (bicyclic) bond motifs is 6. The molecule has 234 valence electrons. The lowest BCUT2D eigenvalue weighted by atomic mass is 9.93. The number of hydrogen-bond acceptors (Lipinski definition) is 3. The van der Waals surface area contributed by atoms with Crippen LogP contribution in [0.3, 0.4) is 0 Å². The van der Waals surface area contributed by atoms with Crippen molar-refractivity contribution in [3.8, 4) is 62.1 Å². The fourth-order valence-corrected chi connectivity index (χ4v) is 7.56. The van der Waals surface area contributed by atoms with Crippen LogP contribution in [0.5, 0.6) is 0 Å². The third kappa shape index (κ3) is 4.65. The molecular weight excluding hydrogens is 609 g/mol. The molecule has 0 fully saturated rings. The highest BCUT2D eigenvalue weighted by Crippen LogP contribution is 2.43. The van der Waals surface area contributed by atoms with Crippen LogP contribution in [0.1, 0.15) is 11.1 Å². The lowest BCUT2D eigenvalue weighted by Crippen LogP contribution is -2.06. The number of aromatic nitrogens is 4. The first kappa shape index (κ1) is 28.4. The van der Waals surface area contributed by atoms with Gasteiger partial charge in [0.15, 0.2) is 11.6 Å². The standard InChI is InChI=1S/C46H30N4/c1-3-13-30(14-4-1)32-25-26-40-39-22-9-10-24-41(39)50(42(40)29-32)46-48-44(31-15-5-2-6-16-31)47-45(49-46)36-20-11-18-34(28-36)38-23-12-19-35-27-33-17-7-8-21-37(33)43(35)38/h1-26,28-29H,27H2. The minimum absolute atomic E-state index is 0.588. The van der Waals surface area contributed by atoms with Crippen LogP contribution in [0.25, 0.3) is 83.9 Å². The predicted octanol–water partition coefficient (Wildman–Crippen LogP) is 11.2. The maximum absolute atomic E-state index is 5.26. The van der Waals surface area contributed by atoms with Crippen molar-refractivity contribution < 1.29 is 0 Å². The van der Waals surface area contributed by atoms with Crippen molar-refractivity contribution in [2.24, 2.45) is 0 Å². The SMILES string of the molecule is c1ccc(-c2ccc3c4ccccc4n(-c4nc(-c5ccccc5)nc(-c5cccc(-c6cccc7c6-c6ccccc6C7)c5)n4)c3c2)cc1. The van der Waals surface area contributed by atoms with E-state index < -0.39 is 0 Å². The molecule has 4 heteroatoms. The van der Waals surface area contributed by atoms with E-state index in [1.54, 1.807) is 0 Å². The molecule has 1 aliphatic carbocycles. The molecule has 0 bridgehead atoms. The fourth-order valence-electron chi connectivity index (χ4n) is 7.56. The Morgan fingerprint density at radius 3 is 1.86 bits per heavy atom. The molecule has 2 aromatic heterocycles. The molecule has 2 heterocycles. The van der Waals surface area contributed by atoms with E-state index in [0.717, 1.165) is 50.5 Å². The summed E-state index contributed by atoms with van der Waals surface area (Å²) in [4.78, 5) is 15.5. The summed E-state index contributed by atoms with van der Waals surface area (Å²) in [6.07, 6.45) is 0.959. The molecule has 7 aromatic carbocycles. The molecule has 9 aromatic rings. The van der Waals surface area contributed by atoms with E-state index in [4.69, 9.17) is 15.0 Å². The van der Waals surface area contributed by atoms with E-state index in [2.05, 4.69) is 156 Å². The summed E-state index contributed by atoms with van der Waals surface area (Å²) < 4.78 is 2.19. The van der Waals surface area contributed by atoms with Gasteiger partial charge in [-0.2, -0.15) is 9.97 Å². The van der Waals surface area contributed by atoms with Crippen molar-refractivity contribution >= 4 is 21.8 Å². The summed E-state index contributed by atoms with van der Waals surface area (Å²) in [6.45, 7) is 0. The second kappa shape index (κ2) is 11.5. The maximum Gasteiger partial charge on any atom is 0.238 e. The molecule has 50 heavy (non-hydrogen) atoms. The van der Waals surface area contributed by atoms with Crippen molar-refractivity contribution in [2.75, 3.05) is 0 Å². The molecule has 4 nitrogen and oxygen atoms in total. The van der Waals surface area contributed by atoms with Gasteiger partial charge in [0, 0.05) is 21.9 Å². The summed E-state index contributed by atoms with van der Waals surface area (Å²) in [7, 11) is 0. The van der Waals surface area contributed by atoms with E-state index in [1.807, 2.05) is 18.2 Å². The number of benzene rings is 7. The highest BCUT2D eigenvalue weighted by atomic mass is 15.2. The fraction of sp³-hybridized carbons (Fsp3) is 0.0217. The Balaban J connectivity index is 1.19. The molecule has 0 N–H and O–H groups in total. The summed E-state index contributed by atoms with van der Waals surface area (Å²) in [5.74, 6) is 1.86. The normalized spacial score (nSPS) is 11.9. The third-order valence-corrected chi connectivity index (χ3v) is 9.89. The van der Waals surface area contributed by atoms with Crippen LogP contribution in [0, 0.1) is 0 Å². The summed E-state index contributed by atoms with van der Waals surface area (Å²) in [5.41, 5.74) is 14.0. The first-order valence-corrected chi connectivity index (χ1v) is 17.0. The number of nitrogens with zero attached hydrogens (tertiary/aromatic N) is 4. The lowest BCUT2D eigenvalue weighted by Gasteiger charge is -2.13. The quantitative estimate of drug-likeness (QED) is 0.188. The summed E-state index contributed by atoms with van der Waals surface area (Å²) in [6, 6.07) is 59.9. The van der Waals surface area contributed by atoms with Gasteiger partial charge in [0.1, 0.15) is 0 Å². The van der Waals surface area contributed by atoms with Crippen molar-refractivity contribution in [2.45, 2.75) is 6.42 Å². The highest BCUT2D eigenvalue weighted by Gasteiger charge is 2.22. The van der Waals surface area contributed by atoms with Gasteiger partial charge in [-0.15, -0.1) is 0 Å². The second-order valence-corrected chi connectivity index (χ2v) is 12.9. The van der Waals surface area contributed by atoms with Gasteiger partial charge >= 0.3 is 0 Å². The molecule has 10 rings (SSSR count). The zero-order valence-corrected chi connectivity index (χ0v) is 27.2. The molecule has 0 radical (unpaired) electrons. The molecule has 0 amide bonds. The van der Waals surface area contributed by atoms with Gasteiger partial charge in [-0.3, -0.25) is 4.57 Å². The van der Waals surface area contributed by atoms with Crippen LogP contribution in [-0.2, 0) is 6.42 Å². The van der Waals surface area contributed by atoms with Gasteiger partial charge < -0.3 is 0 Å². The van der Waals surface area contributed by atoms with Crippen molar-refractivity contribution in [1.82, 2.24) is 19.5 Å². The Bertz CT molecular complexity index is 2730. The van der Waals surface area contributed by atoms with Gasteiger partial charge in [0.05, 0.1) is 11.0 Å². The zero-order valence-electron chi connectivity index (χ0n) is 27.2. The second-order valence-electron chi connectivity index (χ2n) is 12.9. The van der Waals surface area contributed by atoms with E-state index in [0.29, 0.717) is 17.6 Å². The van der Waals surface area contributed by atoms with Crippen molar-refractivity contribution in [3.05, 3.63) is 181 Å². The van der Waals surface area contributed by atoms with Gasteiger partial charge in [-0.1, -0.05) is 152 Å². The van der Waals surface area contributed by atoms with Crippen LogP contribution < -0.4 is 0 Å². The van der Waals surface area contributed by atoms with Crippen LogP contribution in [0.4, 0.5) is 0 Å². The molecular formula is C46H30N4. The van der Waals surface area contributed by atoms with Gasteiger partial charge in [0.2, 0.25) is 5.95 Å². The molecule has 0 saturated heterocycles. The maximum atomic E-state index is 5.26. The monoisotopic (exact) mass is 638 g/mol. The summed E-state index contributed by atoms with van der Waals surface area (Å²) >= 11 is 0. The summed E-state index contributed by atoms with van der Waals surface area (Å²) in [5, 5.41) is 2.31. The Hall–Kier alpha value is -6.65. The average Bonchev–Trinajstić information content (AvgIpc) is 3.74. The minimum Gasteiger partial charge on any atom is -0.278 e. The van der Waals surface area contributed by atoms with Crippen LogP contribution in [0.15, 0.2) is 170 Å². The Morgan fingerprint density at radius 2 is 1.00 bits per heavy atom. The number of rotatable bonds is 5. The molecule has 0 unspecified atom stereocenters. The van der Waals surface area contributed by atoms with E-state index in [-0.39, 0.29) is 0 Å². The Kier molecular flexibility index (Phi) is 6.53. The van der Waals surface area contributed by atoms with Gasteiger partial charge in [0.25, 0.3) is 0 Å². The van der Waals surface area contributed by atoms with Crippen LogP contribution >= 0.6 is 0 Å². The van der Waals surface area contributed by atoms with E-state index in [1.165, 1.54) is 33.4 Å². The van der Waals surface area contributed by atoms with E-state index >= 15 is 0 Å². The largest absolute Gasteiger partial charge is 0.278 e. The zero-order chi connectivity index (χ0) is 33.0. The first-order chi connectivity index (χ1) is 24.8. The predicted molar refractivity (Wildman–Crippen MR) is 204 cm³/mol. The van der Waals surface area contributed by atoms with E-state index in [9.17, 15) is 0 Å². The third-order valence-electron chi connectivity index (χ3n) is 9.89. The first-order valence-electron chi connectivity index (χ1n) is 17.0. The van der Waals surface area contributed by atoms with Crippen LogP contribution in [-0.4, -0.2) is 19.5 Å². The molecule has 0 saturated carbocycles. The van der Waals surface area contributed by atoms with Crippen molar-refractivity contribution in [3.63, 3.8) is 0 Å². The Labute approximate surface area is 290 Å². The molecule has 1 aliphatic rings. The minimum atomic E-state index is 0.588. The molecule has 0 spiro atoms. The molecule has 0 atom stereocenters. The number of para-hydroxylation sites is 1. The lowest BCUT2D eigenvalue weighted by molar-refractivity contribution is 0.953. The van der Waals surface area contributed by atoms with Crippen molar-refractivity contribution in [1.29, 1.82) is 0 Å². The average molecular weight is 639 g/mol. The number of hydrogen-bond donors (Lipinski definition) is 0. The van der Waals surface area contributed by atoms with Crippen LogP contribution in [0.2, 0.25) is 0 Å². The topological polar surface area (TPSA) is 43.6 Å².